The van der Waals surface area contributed by atoms with Crippen molar-refractivity contribution < 1.29 is 19.1 Å². The van der Waals surface area contributed by atoms with Gasteiger partial charge in [0, 0.05) is 12.7 Å². The van der Waals surface area contributed by atoms with Gasteiger partial charge in [0.15, 0.2) is 0 Å². The highest BCUT2D eigenvalue weighted by Crippen LogP contribution is 2.07. The molecule has 0 radical (unpaired) electrons. The SMILES string of the molecule is CCNC(=O)Cc1ccc(COC(=O)CNC(=O)c2cc(C)c[nH]2)cc1. The van der Waals surface area contributed by atoms with Crippen molar-refractivity contribution in [2.24, 2.45) is 0 Å². The van der Waals surface area contributed by atoms with Crippen LogP contribution < -0.4 is 10.6 Å². The van der Waals surface area contributed by atoms with Gasteiger partial charge in [0.1, 0.15) is 18.8 Å². The minimum Gasteiger partial charge on any atom is -0.460 e. The molecule has 0 saturated carbocycles. The smallest absolute Gasteiger partial charge is 0.325 e. The third-order valence-corrected chi connectivity index (χ3v) is 3.63. The summed E-state index contributed by atoms with van der Waals surface area (Å²) in [6.07, 6.45) is 2.03. The van der Waals surface area contributed by atoms with Gasteiger partial charge in [0.2, 0.25) is 5.91 Å². The number of hydrogen-bond donors (Lipinski definition) is 3. The van der Waals surface area contributed by atoms with E-state index in [9.17, 15) is 14.4 Å². The van der Waals surface area contributed by atoms with E-state index in [1.807, 2.05) is 38.1 Å². The number of aromatic amines is 1. The lowest BCUT2D eigenvalue weighted by Crippen LogP contribution is -2.30. The molecular formula is C19H23N3O4. The molecule has 1 aromatic carbocycles. The summed E-state index contributed by atoms with van der Waals surface area (Å²) in [5.74, 6) is -0.905. The zero-order valence-electron chi connectivity index (χ0n) is 14.9. The van der Waals surface area contributed by atoms with Crippen LogP contribution >= 0.6 is 0 Å². The fourth-order valence-corrected chi connectivity index (χ4v) is 2.29. The molecule has 1 heterocycles. The number of carbonyl (C=O) groups excluding carboxylic acids is 3. The van der Waals surface area contributed by atoms with E-state index in [0.717, 1.165) is 16.7 Å². The lowest BCUT2D eigenvalue weighted by molar-refractivity contribution is -0.143. The maximum absolute atomic E-state index is 11.8. The van der Waals surface area contributed by atoms with Crippen LogP contribution in [0.4, 0.5) is 0 Å². The first-order valence-electron chi connectivity index (χ1n) is 8.41. The van der Waals surface area contributed by atoms with Crippen molar-refractivity contribution in [1.29, 1.82) is 0 Å². The predicted molar refractivity (Wildman–Crippen MR) is 96.5 cm³/mol. The molecular weight excluding hydrogens is 334 g/mol. The van der Waals surface area contributed by atoms with Crippen LogP contribution in [0.3, 0.4) is 0 Å². The van der Waals surface area contributed by atoms with Crippen LogP contribution in [0.1, 0.15) is 34.1 Å². The number of benzene rings is 1. The van der Waals surface area contributed by atoms with Crippen molar-refractivity contribution in [2.75, 3.05) is 13.1 Å². The Balaban J connectivity index is 1.73. The normalized spacial score (nSPS) is 10.2. The quantitative estimate of drug-likeness (QED) is 0.623. The average molecular weight is 357 g/mol. The lowest BCUT2D eigenvalue weighted by Gasteiger charge is -2.07. The Morgan fingerprint density at radius 3 is 2.38 bits per heavy atom. The molecule has 138 valence electrons. The lowest BCUT2D eigenvalue weighted by atomic mass is 10.1. The zero-order valence-corrected chi connectivity index (χ0v) is 14.9. The minimum atomic E-state index is -0.520. The van der Waals surface area contributed by atoms with E-state index < -0.39 is 5.97 Å². The van der Waals surface area contributed by atoms with Gasteiger partial charge in [-0.1, -0.05) is 24.3 Å². The van der Waals surface area contributed by atoms with Crippen LogP contribution in [0.5, 0.6) is 0 Å². The number of ether oxygens (including phenoxy) is 1. The maximum atomic E-state index is 11.8. The highest BCUT2D eigenvalue weighted by atomic mass is 16.5. The van der Waals surface area contributed by atoms with Gasteiger partial charge in [-0.25, -0.2) is 0 Å². The van der Waals surface area contributed by atoms with Gasteiger partial charge < -0.3 is 20.4 Å². The molecule has 0 aliphatic rings. The number of hydrogen-bond acceptors (Lipinski definition) is 4. The van der Waals surface area contributed by atoms with Gasteiger partial charge in [-0.15, -0.1) is 0 Å². The molecule has 0 spiro atoms. The number of rotatable bonds is 8. The Morgan fingerprint density at radius 2 is 1.77 bits per heavy atom. The molecule has 7 nitrogen and oxygen atoms in total. The molecule has 0 aliphatic heterocycles. The van der Waals surface area contributed by atoms with Crippen molar-refractivity contribution in [1.82, 2.24) is 15.6 Å². The Morgan fingerprint density at radius 1 is 1.08 bits per heavy atom. The second-order valence-electron chi connectivity index (χ2n) is 5.88. The van der Waals surface area contributed by atoms with Gasteiger partial charge in [-0.3, -0.25) is 14.4 Å². The third-order valence-electron chi connectivity index (χ3n) is 3.63. The molecule has 0 aliphatic carbocycles. The van der Waals surface area contributed by atoms with E-state index in [1.165, 1.54) is 0 Å². The highest BCUT2D eigenvalue weighted by molar-refractivity contribution is 5.94. The summed E-state index contributed by atoms with van der Waals surface area (Å²) < 4.78 is 5.14. The van der Waals surface area contributed by atoms with Crippen LogP contribution in [-0.4, -0.2) is 35.9 Å². The van der Waals surface area contributed by atoms with E-state index in [4.69, 9.17) is 4.74 Å². The summed E-state index contributed by atoms with van der Waals surface area (Å²) >= 11 is 0. The second-order valence-corrected chi connectivity index (χ2v) is 5.88. The topological polar surface area (TPSA) is 100 Å². The molecule has 1 aromatic heterocycles. The first-order valence-corrected chi connectivity index (χ1v) is 8.41. The molecule has 0 fully saturated rings. The monoisotopic (exact) mass is 357 g/mol. The summed E-state index contributed by atoms with van der Waals surface area (Å²) in [6.45, 7) is 4.25. The van der Waals surface area contributed by atoms with E-state index in [0.29, 0.717) is 18.7 Å². The Bertz CT molecular complexity index is 765. The molecule has 0 atom stereocenters. The number of amides is 2. The molecule has 2 rings (SSSR count). The van der Waals surface area contributed by atoms with E-state index >= 15 is 0 Å². The summed E-state index contributed by atoms with van der Waals surface area (Å²) in [5, 5.41) is 5.24. The van der Waals surface area contributed by atoms with E-state index in [2.05, 4.69) is 15.6 Å². The number of nitrogens with one attached hydrogen (secondary N) is 3. The van der Waals surface area contributed by atoms with Crippen LogP contribution in [0.2, 0.25) is 0 Å². The number of aryl methyl sites for hydroxylation is 1. The Hall–Kier alpha value is -3.09. The largest absolute Gasteiger partial charge is 0.460 e. The molecule has 2 aromatic rings. The van der Waals surface area contributed by atoms with Gasteiger partial charge in [-0.05, 0) is 36.6 Å². The standard InChI is InChI=1S/C19H23N3O4/c1-3-20-17(23)9-14-4-6-15(7-5-14)12-26-18(24)11-22-19(25)16-8-13(2)10-21-16/h4-8,10,21H,3,9,11-12H2,1-2H3,(H,20,23)(H,22,25). The number of aromatic nitrogens is 1. The number of carbonyl (C=O) groups is 3. The molecule has 3 N–H and O–H groups in total. The van der Waals surface area contributed by atoms with Crippen molar-refractivity contribution in [3.8, 4) is 0 Å². The Labute approximate surface area is 152 Å². The van der Waals surface area contributed by atoms with Gasteiger partial charge in [0.05, 0.1) is 6.42 Å². The first kappa shape index (κ1) is 19.2. The Kier molecular flexibility index (Phi) is 6.96. The number of H-pyrrole nitrogens is 1. The van der Waals surface area contributed by atoms with Gasteiger partial charge in [-0.2, -0.15) is 0 Å². The molecule has 7 heteroatoms. The predicted octanol–water partition coefficient (Wildman–Crippen LogP) is 1.47. The third kappa shape index (κ3) is 6.08. The zero-order chi connectivity index (χ0) is 18.9. The molecule has 0 saturated heterocycles. The van der Waals surface area contributed by atoms with Gasteiger partial charge >= 0.3 is 5.97 Å². The van der Waals surface area contributed by atoms with Crippen LogP contribution in [0.15, 0.2) is 36.5 Å². The maximum Gasteiger partial charge on any atom is 0.325 e. The first-order chi connectivity index (χ1) is 12.5. The van der Waals surface area contributed by atoms with Crippen molar-refractivity contribution in [3.63, 3.8) is 0 Å². The number of esters is 1. The highest BCUT2D eigenvalue weighted by Gasteiger charge is 2.10. The average Bonchev–Trinajstić information content (AvgIpc) is 3.06. The van der Waals surface area contributed by atoms with E-state index in [1.54, 1.807) is 12.3 Å². The van der Waals surface area contributed by atoms with Crippen LogP contribution in [0, 0.1) is 6.92 Å². The van der Waals surface area contributed by atoms with Crippen molar-refractivity contribution >= 4 is 17.8 Å². The summed E-state index contributed by atoms with van der Waals surface area (Å²) in [6, 6.07) is 8.97. The number of likely N-dealkylation sites (N-methyl/N-ethyl adjacent to an activating group) is 1. The fourth-order valence-electron chi connectivity index (χ4n) is 2.29. The molecule has 2 amide bonds. The van der Waals surface area contributed by atoms with Crippen molar-refractivity contribution in [2.45, 2.75) is 26.9 Å². The second kappa shape index (κ2) is 9.41. The van der Waals surface area contributed by atoms with Crippen molar-refractivity contribution in [3.05, 3.63) is 58.9 Å². The molecule has 0 unspecified atom stereocenters. The van der Waals surface area contributed by atoms with Crippen LogP contribution in [0.25, 0.3) is 0 Å². The molecule has 26 heavy (non-hydrogen) atoms. The summed E-state index contributed by atoms with van der Waals surface area (Å²) in [4.78, 5) is 37.9. The fraction of sp³-hybridized carbons (Fsp3) is 0.316. The van der Waals surface area contributed by atoms with E-state index in [-0.39, 0.29) is 25.0 Å². The molecule has 0 bridgehead atoms. The minimum absolute atomic E-state index is 0.0281. The summed E-state index contributed by atoms with van der Waals surface area (Å²) in [5.41, 5.74) is 3.04. The summed E-state index contributed by atoms with van der Waals surface area (Å²) in [7, 11) is 0. The van der Waals surface area contributed by atoms with Crippen LogP contribution in [-0.2, 0) is 27.4 Å². The van der Waals surface area contributed by atoms with Gasteiger partial charge in [0.25, 0.3) is 5.91 Å².